The maximum Gasteiger partial charge on any atom is 0.258 e. The molecule has 1 atom stereocenters. The zero-order valence-electron chi connectivity index (χ0n) is 15.5. The Balaban J connectivity index is 0.00000300. The number of aryl methyl sites for hydroxylation is 1. The predicted molar refractivity (Wildman–Crippen MR) is 112 cm³/mol. The maximum atomic E-state index is 14.9. The zero-order chi connectivity index (χ0) is 20.5. The number of rotatable bonds is 5. The Kier molecular flexibility index (Phi) is 7.67. The van der Waals surface area contributed by atoms with E-state index in [0.29, 0.717) is 25.2 Å². The normalized spacial score (nSPS) is 16.3. The number of carbonyl (C=O) groups is 1. The van der Waals surface area contributed by atoms with Gasteiger partial charge in [-0.1, -0.05) is 11.6 Å². The van der Waals surface area contributed by atoms with E-state index in [2.05, 4.69) is 5.32 Å². The number of sulfone groups is 1. The topological polar surface area (TPSA) is 72.5 Å². The van der Waals surface area contributed by atoms with Crippen LogP contribution in [0.1, 0.15) is 22.3 Å². The number of nitrogens with one attached hydrogen (secondary N) is 1. The predicted octanol–water partition coefficient (Wildman–Crippen LogP) is 4.10. The molecule has 0 spiro atoms. The first-order valence-electron chi connectivity index (χ1n) is 8.54. The molecule has 2 aromatic rings. The van der Waals surface area contributed by atoms with Crippen LogP contribution in [0.3, 0.4) is 0 Å². The number of ether oxygens (including phenoxy) is 1. The molecule has 0 unspecified atom stereocenters. The Bertz CT molecular complexity index is 1030. The van der Waals surface area contributed by atoms with E-state index in [0.717, 1.165) is 12.1 Å². The first-order valence-corrected chi connectivity index (χ1v) is 10.6. The monoisotopic (exact) mass is 463 g/mol. The van der Waals surface area contributed by atoms with Gasteiger partial charge < -0.3 is 10.1 Å². The smallest absolute Gasteiger partial charge is 0.258 e. The molecule has 0 aliphatic carbocycles. The van der Waals surface area contributed by atoms with Gasteiger partial charge in [0.1, 0.15) is 10.7 Å². The minimum atomic E-state index is -4.01. The average molecular weight is 464 g/mol. The van der Waals surface area contributed by atoms with Gasteiger partial charge in [-0.2, -0.15) is 13.5 Å². The molecule has 158 valence electrons. The molecule has 2 aromatic carbocycles. The lowest BCUT2D eigenvalue weighted by Gasteiger charge is -2.13. The van der Waals surface area contributed by atoms with Gasteiger partial charge in [-0.05, 0) is 55.2 Å². The zero-order valence-corrected chi connectivity index (χ0v) is 18.0. The van der Waals surface area contributed by atoms with Crippen molar-refractivity contribution in [2.75, 3.05) is 24.3 Å². The number of carbonyl (C=O) groups excluding carboxylic acids is 1. The molecule has 1 amide bonds. The van der Waals surface area contributed by atoms with Crippen molar-refractivity contribution in [3.8, 4) is 0 Å². The molecule has 10 heteroatoms. The van der Waals surface area contributed by atoms with Crippen LogP contribution in [0.2, 0.25) is 5.02 Å². The number of hydrogen-bond acceptors (Lipinski definition) is 4. The van der Waals surface area contributed by atoms with Gasteiger partial charge in [0.05, 0.1) is 17.9 Å². The van der Waals surface area contributed by atoms with Gasteiger partial charge in [0.15, 0.2) is 15.7 Å². The number of amides is 1. The lowest BCUT2D eigenvalue weighted by Crippen LogP contribution is -2.20. The fraction of sp³-hybridized carbons (Fsp3) is 0.316. The third-order valence-corrected chi connectivity index (χ3v) is 6.57. The van der Waals surface area contributed by atoms with Crippen LogP contribution in [0.4, 0.5) is 14.5 Å². The largest absolute Gasteiger partial charge is 0.381 e. The van der Waals surface area contributed by atoms with Crippen LogP contribution >= 0.6 is 25.1 Å². The van der Waals surface area contributed by atoms with E-state index in [-0.39, 0.29) is 35.9 Å². The van der Waals surface area contributed by atoms with Crippen molar-refractivity contribution >= 4 is 46.5 Å². The average Bonchev–Trinajstić information content (AvgIpc) is 3.12. The summed E-state index contributed by atoms with van der Waals surface area (Å²) in [6.45, 7) is 2.27. The van der Waals surface area contributed by atoms with Crippen molar-refractivity contribution in [2.45, 2.75) is 18.2 Å². The highest BCUT2D eigenvalue weighted by Crippen LogP contribution is 2.28. The second-order valence-corrected chi connectivity index (χ2v) is 9.13. The molecule has 0 saturated carbocycles. The third kappa shape index (κ3) is 5.48. The van der Waals surface area contributed by atoms with Crippen LogP contribution < -0.4 is 5.32 Å². The van der Waals surface area contributed by atoms with E-state index in [4.69, 9.17) is 16.3 Å². The standard InChI is InChI=1S/C19H18ClF2NO4S.H2S/c1-11-6-14(2-3-16(11)21)23-19(24)15-7-13(20)8-17(18(15)22)28(25,26)10-12-4-5-27-9-12;/h2-3,6-8,12H,4-5,9-10H2,1H3,(H,23,24);1H2/t12-;/m0./s1. The Hall–Kier alpha value is -1.68. The summed E-state index contributed by atoms with van der Waals surface area (Å²) in [5.74, 6) is -3.02. The number of benzene rings is 2. The van der Waals surface area contributed by atoms with Crippen LogP contribution in [0.5, 0.6) is 0 Å². The Morgan fingerprint density at radius 3 is 2.62 bits per heavy atom. The summed E-state index contributed by atoms with van der Waals surface area (Å²) in [5.41, 5.74) is 0.0397. The molecule has 1 heterocycles. The quantitative estimate of drug-likeness (QED) is 0.724. The second-order valence-electron chi connectivity index (χ2n) is 6.69. The van der Waals surface area contributed by atoms with Gasteiger partial charge in [0.25, 0.3) is 5.91 Å². The molecular weight excluding hydrogens is 444 g/mol. The van der Waals surface area contributed by atoms with Gasteiger partial charge in [-0.15, -0.1) is 0 Å². The molecule has 1 aliphatic heterocycles. The highest BCUT2D eigenvalue weighted by Gasteiger charge is 2.29. The number of hydrogen-bond donors (Lipinski definition) is 1. The maximum absolute atomic E-state index is 14.9. The van der Waals surface area contributed by atoms with Crippen LogP contribution in [0.15, 0.2) is 35.2 Å². The van der Waals surface area contributed by atoms with Crippen molar-refractivity contribution in [1.82, 2.24) is 0 Å². The second kappa shape index (κ2) is 9.42. The molecular formula is C19H20ClF2NO4S2. The first kappa shape index (κ1) is 23.6. The van der Waals surface area contributed by atoms with Crippen molar-refractivity contribution in [2.24, 2.45) is 5.92 Å². The fourth-order valence-corrected chi connectivity index (χ4v) is 5.03. The lowest BCUT2D eigenvalue weighted by atomic mass is 10.1. The van der Waals surface area contributed by atoms with Crippen LogP contribution in [0.25, 0.3) is 0 Å². The summed E-state index contributed by atoms with van der Waals surface area (Å²) in [4.78, 5) is 11.9. The summed E-state index contributed by atoms with van der Waals surface area (Å²) < 4.78 is 58.8. The molecule has 0 bridgehead atoms. The van der Waals surface area contributed by atoms with E-state index in [9.17, 15) is 22.0 Å². The van der Waals surface area contributed by atoms with Crippen molar-refractivity contribution in [1.29, 1.82) is 0 Å². The lowest BCUT2D eigenvalue weighted by molar-refractivity contribution is 0.102. The van der Waals surface area contributed by atoms with E-state index in [1.807, 2.05) is 0 Å². The Morgan fingerprint density at radius 1 is 1.28 bits per heavy atom. The van der Waals surface area contributed by atoms with Crippen LogP contribution in [-0.4, -0.2) is 33.3 Å². The van der Waals surface area contributed by atoms with Gasteiger partial charge in [-0.25, -0.2) is 17.2 Å². The third-order valence-electron chi connectivity index (χ3n) is 4.48. The SMILES string of the molecule is Cc1cc(NC(=O)c2cc(Cl)cc(S(=O)(=O)C[C@H]3CCOC3)c2F)ccc1F.S. The van der Waals surface area contributed by atoms with Gasteiger partial charge in [-0.3, -0.25) is 4.79 Å². The van der Waals surface area contributed by atoms with Crippen LogP contribution in [0, 0.1) is 24.5 Å². The van der Waals surface area contributed by atoms with E-state index in [1.54, 1.807) is 0 Å². The minimum Gasteiger partial charge on any atom is -0.381 e. The van der Waals surface area contributed by atoms with Crippen LogP contribution in [-0.2, 0) is 14.6 Å². The molecule has 0 aromatic heterocycles. The summed E-state index contributed by atoms with van der Waals surface area (Å²) in [6, 6.07) is 5.92. The Labute approximate surface area is 179 Å². The number of anilines is 1. The fourth-order valence-electron chi connectivity index (χ4n) is 2.99. The van der Waals surface area contributed by atoms with E-state index in [1.165, 1.54) is 25.1 Å². The first-order chi connectivity index (χ1) is 13.2. The molecule has 5 nitrogen and oxygen atoms in total. The number of halogens is 3. The Morgan fingerprint density at radius 2 is 2.00 bits per heavy atom. The summed E-state index contributed by atoms with van der Waals surface area (Å²) >= 11 is 5.95. The minimum absolute atomic E-state index is 0. The van der Waals surface area contributed by atoms with E-state index >= 15 is 0 Å². The summed E-state index contributed by atoms with van der Waals surface area (Å²) in [5, 5.41) is 2.35. The summed E-state index contributed by atoms with van der Waals surface area (Å²) in [7, 11) is -4.01. The molecule has 1 saturated heterocycles. The van der Waals surface area contributed by atoms with E-state index < -0.39 is 37.8 Å². The molecule has 3 rings (SSSR count). The van der Waals surface area contributed by atoms with Gasteiger partial charge in [0.2, 0.25) is 0 Å². The summed E-state index contributed by atoms with van der Waals surface area (Å²) in [6.07, 6.45) is 0.568. The van der Waals surface area contributed by atoms with Crippen molar-refractivity contribution < 1.29 is 26.7 Å². The highest BCUT2D eigenvalue weighted by molar-refractivity contribution is 7.91. The van der Waals surface area contributed by atoms with Crippen molar-refractivity contribution in [3.05, 3.63) is 58.1 Å². The molecule has 29 heavy (non-hydrogen) atoms. The molecule has 1 fully saturated rings. The molecule has 0 radical (unpaired) electrons. The van der Waals surface area contributed by atoms with Crippen molar-refractivity contribution in [3.63, 3.8) is 0 Å². The van der Waals surface area contributed by atoms with Gasteiger partial charge in [0, 0.05) is 17.3 Å². The van der Waals surface area contributed by atoms with Gasteiger partial charge >= 0.3 is 0 Å². The molecule has 1 aliphatic rings. The molecule has 1 N–H and O–H groups in total. The highest BCUT2D eigenvalue weighted by atomic mass is 35.5.